The maximum Gasteiger partial charge on any atom is 0.170 e. The molecule has 2 fully saturated rings. The summed E-state index contributed by atoms with van der Waals surface area (Å²) in [5.41, 5.74) is 0. The van der Waals surface area contributed by atoms with Gasteiger partial charge in [-0.2, -0.15) is 0 Å². The van der Waals surface area contributed by atoms with Gasteiger partial charge in [0.15, 0.2) is 6.29 Å². The summed E-state index contributed by atoms with van der Waals surface area (Å²) >= 11 is 0. The molecular weight excluding hydrogens is 166 g/mol. The number of hydrogen-bond donors (Lipinski definition) is 0. The Bertz CT molecular complexity index is 157. The van der Waals surface area contributed by atoms with Gasteiger partial charge in [-0.3, -0.25) is 4.90 Å². The van der Waals surface area contributed by atoms with Gasteiger partial charge in [-0.25, -0.2) is 0 Å². The van der Waals surface area contributed by atoms with Gasteiger partial charge >= 0.3 is 0 Å². The number of hydrogen-bond acceptors (Lipinski definition) is 3. The SMILES string of the molecule is CCC1CCN(CC2OCCO2)C1. The smallest absolute Gasteiger partial charge is 0.170 e. The normalized spacial score (nSPS) is 31.6. The Morgan fingerprint density at radius 2 is 2.08 bits per heavy atom. The fraction of sp³-hybridized carbons (Fsp3) is 1.00. The van der Waals surface area contributed by atoms with Gasteiger partial charge in [-0.15, -0.1) is 0 Å². The zero-order valence-corrected chi connectivity index (χ0v) is 8.37. The maximum absolute atomic E-state index is 5.42. The average Bonchev–Trinajstić information content (AvgIpc) is 2.76. The molecule has 0 spiro atoms. The van der Waals surface area contributed by atoms with Crippen LogP contribution < -0.4 is 0 Å². The minimum atomic E-state index is 0.0515. The van der Waals surface area contributed by atoms with E-state index in [4.69, 9.17) is 9.47 Å². The van der Waals surface area contributed by atoms with Gasteiger partial charge in [0, 0.05) is 13.1 Å². The standard InChI is InChI=1S/C10H19NO2/c1-2-9-3-4-11(7-9)8-10-12-5-6-13-10/h9-10H,2-8H2,1H3. The molecule has 0 N–H and O–H groups in total. The van der Waals surface area contributed by atoms with E-state index in [1.54, 1.807) is 0 Å². The molecule has 0 aromatic rings. The summed E-state index contributed by atoms with van der Waals surface area (Å²) in [4.78, 5) is 2.46. The topological polar surface area (TPSA) is 21.7 Å². The Hall–Kier alpha value is -0.120. The van der Waals surface area contributed by atoms with Crippen LogP contribution in [-0.4, -0.2) is 44.0 Å². The minimum Gasteiger partial charge on any atom is -0.349 e. The van der Waals surface area contributed by atoms with Crippen molar-refractivity contribution in [2.45, 2.75) is 26.1 Å². The number of nitrogens with zero attached hydrogens (tertiary/aromatic N) is 1. The molecule has 2 saturated heterocycles. The van der Waals surface area contributed by atoms with Crippen LogP contribution in [0.25, 0.3) is 0 Å². The van der Waals surface area contributed by atoms with E-state index in [2.05, 4.69) is 11.8 Å². The molecule has 76 valence electrons. The van der Waals surface area contributed by atoms with Crippen molar-refractivity contribution in [3.8, 4) is 0 Å². The molecule has 0 radical (unpaired) electrons. The van der Waals surface area contributed by atoms with E-state index in [0.717, 1.165) is 25.7 Å². The Morgan fingerprint density at radius 3 is 2.69 bits per heavy atom. The number of rotatable bonds is 3. The highest BCUT2D eigenvalue weighted by Gasteiger charge is 2.25. The highest BCUT2D eigenvalue weighted by atomic mass is 16.7. The lowest BCUT2D eigenvalue weighted by Crippen LogP contribution is -2.31. The minimum absolute atomic E-state index is 0.0515. The van der Waals surface area contributed by atoms with Crippen molar-refractivity contribution in [1.82, 2.24) is 4.90 Å². The lowest BCUT2D eigenvalue weighted by atomic mass is 10.1. The molecule has 13 heavy (non-hydrogen) atoms. The maximum atomic E-state index is 5.42. The molecular formula is C10H19NO2. The Balaban J connectivity index is 1.70. The molecule has 0 bridgehead atoms. The third-order valence-corrected chi connectivity index (χ3v) is 3.05. The summed E-state index contributed by atoms with van der Waals surface area (Å²) in [5.74, 6) is 0.904. The monoisotopic (exact) mass is 185 g/mol. The molecule has 2 aliphatic rings. The fourth-order valence-electron chi connectivity index (χ4n) is 2.14. The molecule has 2 rings (SSSR count). The van der Waals surface area contributed by atoms with Gasteiger partial charge in [0.2, 0.25) is 0 Å². The average molecular weight is 185 g/mol. The van der Waals surface area contributed by atoms with Crippen LogP contribution in [-0.2, 0) is 9.47 Å². The van der Waals surface area contributed by atoms with E-state index >= 15 is 0 Å². The highest BCUT2D eigenvalue weighted by Crippen LogP contribution is 2.20. The van der Waals surface area contributed by atoms with Crippen molar-refractivity contribution >= 4 is 0 Å². The van der Waals surface area contributed by atoms with Crippen LogP contribution in [0.4, 0.5) is 0 Å². The molecule has 2 heterocycles. The van der Waals surface area contributed by atoms with Crippen LogP contribution in [0, 0.1) is 5.92 Å². The van der Waals surface area contributed by atoms with Crippen LogP contribution in [0.5, 0.6) is 0 Å². The van der Waals surface area contributed by atoms with Crippen molar-refractivity contribution in [3.05, 3.63) is 0 Å². The van der Waals surface area contributed by atoms with Gasteiger partial charge < -0.3 is 9.47 Å². The van der Waals surface area contributed by atoms with Crippen LogP contribution in [0.3, 0.4) is 0 Å². The molecule has 0 aromatic carbocycles. The summed E-state index contributed by atoms with van der Waals surface area (Å²) in [6.07, 6.45) is 2.71. The molecule has 2 aliphatic heterocycles. The molecule has 0 saturated carbocycles. The Kier molecular flexibility index (Phi) is 3.19. The molecule has 0 aromatic heterocycles. The third kappa shape index (κ3) is 2.42. The second-order valence-electron chi connectivity index (χ2n) is 3.99. The van der Waals surface area contributed by atoms with Crippen LogP contribution in [0.1, 0.15) is 19.8 Å². The van der Waals surface area contributed by atoms with Gasteiger partial charge in [-0.1, -0.05) is 13.3 Å². The van der Waals surface area contributed by atoms with Crippen molar-refractivity contribution in [1.29, 1.82) is 0 Å². The Morgan fingerprint density at radius 1 is 1.31 bits per heavy atom. The fourth-order valence-corrected chi connectivity index (χ4v) is 2.14. The molecule has 1 atom stereocenters. The van der Waals surface area contributed by atoms with Crippen molar-refractivity contribution in [2.75, 3.05) is 32.8 Å². The van der Waals surface area contributed by atoms with Gasteiger partial charge in [-0.05, 0) is 18.9 Å². The van der Waals surface area contributed by atoms with Crippen LogP contribution in [0.15, 0.2) is 0 Å². The second kappa shape index (κ2) is 4.40. The van der Waals surface area contributed by atoms with Crippen molar-refractivity contribution < 1.29 is 9.47 Å². The molecule has 0 amide bonds. The van der Waals surface area contributed by atoms with Gasteiger partial charge in [0.1, 0.15) is 0 Å². The lowest BCUT2D eigenvalue weighted by Gasteiger charge is -2.18. The van der Waals surface area contributed by atoms with E-state index in [9.17, 15) is 0 Å². The zero-order chi connectivity index (χ0) is 9.10. The number of ether oxygens (including phenoxy) is 2. The van der Waals surface area contributed by atoms with E-state index in [-0.39, 0.29) is 6.29 Å². The predicted molar refractivity (Wildman–Crippen MR) is 50.5 cm³/mol. The van der Waals surface area contributed by atoms with Crippen LogP contribution >= 0.6 is 0 Å². The summed E-state index contributed by atoms with van der Waals surface area (Å²) in [5, 5.41) is 0. The highest BCUT2D eigenvalue weighted by molar-refractivity contribution is 4.75. The van der Waals surface area contributed by atoms with Gasteiger partial charge in [0.25, 0.3) is 0 Å². The van der Waals surface area contributed by atoms with E-state index in [1.807, 2.05) is 0 Å². The van der Waals surface area contributed by atoms with E-state index in [0.29, 0.717) is 0 Å². The number of likely N-dealkylation sites (tertiary alicyclic amines) is 1. The molecule has 3 nitrogen and oxygen atoms in total. The third-order valence-electron chi connectivity index (χ3n) is 3.05. The summed E-state index contributed by atoms with van der Waals surface area (Å²) in [7, 11) is 0. The molecule has 3 heteroatoms. The summed E-state index contributed by atoms with van der Waals surface area (Å²) in [6, 6.07) is 0. The first-order chi connectivity index (χ1) is 6.38. The van der Waals surface area contributed by atoms with Crippen molar-refractivity contribution in [2.24, 2.45) is 5.92 Å². The van der Waals surface area contributed by atoms with Gasteiger partial charge in [0.05, 0.1) is 13.2 Å². The zero-order valence-electron chi connectivity index (χ0n) is 8.37. The summed E-state index contributed by atoms with van der Waals surface area (Å²) in [6.45, 7) is 7.25. The lowest BCUT2D eigenvalue weighted by molar-refractivity contribution is -0.0590. The quantitative estimate of drug-likeness (QED) is 0.657. The first-order valence-corrected chi connectivity index (χ1v) is 5.34. The van der Waals surface area contributed by atoms with Crippen LogP contribution in [0.2, 0.25) is 0 Å². The summed E-state index contributed by atoms with van der Waals surface area (Å²) < 4.78 is 10.8. The molecule has 0 aliphatic carbocycles. The first-order valence-electron chi connectivity index (χ1n) is 5.34. The van der Waals surface area contributed by atoms with Crippen molar-refractivity contribution in [3.63, 3.8) is 0 Å². The van der Waals surface area contributed by atoms with E-state index in [1.165, 1.54) is 25.9 Å². The molecule has 1 unspecified atom stereocenters. The van der Waals surface area contributed by atoms with E-state index < -0.39 is 0 Å². The second-order valence-corrected chi connectivity index (χ2v) is 3.99. The largest absolute Gasteiger partial charge is 0.349 e. The first kappa shape index (κ1) is 9.44. The predicted octanol–water partition coefficient (Wildman–Crippen LogP) is 1.09. The Labute approximate surface area is 80.0 Å².